The average molecular weight is 398 g/mol. The SMILES string of the molecule is Cc1ccc(Cl)c(S(=O)(=O)NC(=O)c2cn3cc(C)cc(Cl)c3n2)c1. The highest BCUT2D eigenvalue weighted by atomic mass is 35.5. The number of carbonyl (C=O) groups excluding carboxylic acids is 1. The number of carbonyl (C=O) groups is 1. The lowest BCUT2D eigenvalue weighted by molar-refractivity contribution is 0.0977. The first-order chi connectivity index (χ1) is 11.7. The van der Waals surface area contributed by atoms with E-state index in [1.165, 1.54) is 18.3 Å². The Kier molecular flexibility index (Phi) is 4.49. The summed E-state index contributed by atoms with van der Waals surface area (Å²) < 4.78 is 28.4. The lowest BCUT2D eigenvalue weighted by Gasteiger charge is -2.08. The molecule has 0 radical (unpaired) electrons. The summed E-state index contributed by atoms with van der Waals surface area (Å²) in [5, 5.41) is 0.392. The normalized spacial score (nSPS) is 11.7. The van der Waals surface area contributed by atoms with E-state index in [-0.39, 0.29) is 15.6 Å². The van der Waals surface area contributed by atoms with Crippen LogP contribution in [0.4, 0.5) is 0 Å². The van der Waals surface area contributed by atoms with Gasteiger partial charge in [0.15, 0.2) is 5.65 Å². The molecule has 3 aromatic rings. The summed E-state index contributed by atoms with van der Waals surface area (Å²) >= 11 is 12.0. The third kappa shape index (κ3) is 3.49. The summed E-state index contributed by atoms with van der Waals surface area (Å²) in [5.41, 5.74) is 1.87. The Balaban J connectivity index is 1.96. The molecule has 1 N–H and O–H groups in total. The van der Waals surface area contributed by atoms with Crippen LogP contribution in [0.25, 0.3) is 5.65 Å². The van der Waals surface area contributed by atoms with E-state index in [1.807, 2.05) is 11.6 Å². The zero-order valence-corrected chi connectivity index (χ0v) is 15.6. The van der Waals surface area contributed by atoms with Crippen LogP contribution >= 0.6 is 23.2 Å². The molecule has 0 saturated heterocycles. The van der Waals surface area contributed by atoms with Crippen molar-refractivity contribution in [1.29, 1.82) is 0 Å². The molecule has 0 aliphatic heterocycles. The predicted octanol–water partition coefficient (Wildman–Crippen LogP) is 3.38. The van der Waals surface area contributed by atoms with Crippen LogP contribution in [0.15, 0.2) is 41.6 Å². The maximum absolute atomic E-state index is 12.4. The molecular formula is C16H13Cl2N3O3S. The van der Waals surface area contributed by atoms with Crippen molar-refractivity contribution in [3.63, 3.8) is 0 Å². The molecular weight excluding hydrogens is 385 g/mol. The molecule has 0 bridgehead atoms. The Bertz CT molecular complexity index is 1110. The lowest BCUT2D eigenvalue weighted by Crippen LogP contribution is -2.31. The number of benzene rings is 1. The molecule has 0 fully saturated rings. The number of hydrogen-bond acceptors (Lipinski definition) is 4. The van der Waals surface area contributed by atoms with Crippen LogP contribution in [-0.2, 0) is 10.0 Å². The van der Waals surface area contributed by atoms with Crippen molar-refractivity contribution in [3.05, 3.63) is 63.5 Å². The first-order valence-electron chi connectivity index (χ1n) is 7.15. The van der Waals surface area contributed by atoms with Crippen molar-refractivity contribution in [2.75, 3.05) is 0 Å². The molecule has 9 heteroatoms. The molecule has 1 aromatic carbocycles. The van der Waals surface area contributed by atoms with Crippen LogP contribution in [0, 0.1) is 13.8 Å². The molecule has 2 aromatic heterocycles. The topological polar surface area (TPSA) is 80.5 Å². The smallest absolute Gasteiger partial charge is 0.285 e. The van der Waals surface area contributed by atoms with Crippen molar-refractivity contribution in [3.8, 4) is 0 Å². The summed E-state index contributed by atoms with van der Waals surface area (Å²) in [6.45, 7) is 3.57. The maximum atomic E-state index is 12.4. The molecule has 25 heavy (non-hydrogen) atoms. The third-order valence-corrected chi connectivity index (χ3v) is 5.57. The molecule has 2 heterocycles. The number of pyridine rings is 1. The summed E-state index contributed by atoms with van der Waals surface area (Å²) in [6.07, 6.45) is 3.15. The summed E-state index contributed by atoms with van der Waals surface area (Å²) in [4.78, 5) is 16.3. The van der Waals surface area contributed by atoms with Crippen LogP contribution in [0.1, 0.15) is 21.6 Å². The minimum absolute atomic E-state index is 0.0274. The van der Waals surface area contributed by atoms with Gasteiger partial charge in [0.25, 0.3) is 15.9 Å². The van der Waals surface area contributed by atoms with E-state index in [2.05, 4.69) is 4.98 Å². The van der Waals surface area contributed by atoms with E-state index in [0.29, 0.717) is 16.2 Å². The van der Waals surface area contributed by atoms with E-state index in [1.54, 1.807) is 29.7 Å². The fraction of sp³-hybridized carbons (Fsp3) is 0.125. The number of imidazole rings is 1. The first-order valence-corrected chi connectivity index (χ1v) is 9.39. The molecule has 0 atom stereocenters. The van der Waals surface area contributed by atoms with Crippen LogP contribution in [0.5, 0.6) is 0 Å². The summed E-state index contributed by atoms with van der Waals surface area (Å²) in [6, 6.07) is 6.23. The molecule has 6 nitrogen and oxygen atoms in total. The Hall–Kier alpha value is -2.09. The van der Waals surface area contributed by atoms with Gasteiger partial charge in [0.2, 0.25) is 0 Å². The number of sulfonamides is 1. The quantitative estimate of drug-likeness (QED) is 0.734. The third-order valence-electron chi connectivity index (χ3n) is 3.48. The van der Waals surface area contributed by atoms with E-state index in [4.69, 9.17) is 23.2 Å². The fourth-order valence-electron chi connectivity index (χ4n) is 2.35. The number of aryl methyl sites for hydroxylation is 2. The Morgan fingerprint density at radius 1 is 1.08 bits per heavy atom. The van der Waals surface area contributed by atoms with Crippen LogP contribution in [0.3, 0.4) is 0 Å². The number of nitrogens with one attached hydrogen (secondary N) is 1. The van der Waals surface area contributed by atoms with Crippen LogP contribution in [0.2, 0.25) is 10.0 Å². The van der Waals surface area contributed by atoms with Gasteiger partial charge in [-0.25, -0.2) is 18.1 Å². The number of aromatic nitrogens is 2. The summed E-state index contributed by atoms with van der Waals surface area (Å²) in [5.74, 6) is -0.866. The second-order valence-corrected chi connectivity index (χ2v) is 8.06. The van der Waals surface area contributed by atoms with Crippen molar-refractivity contribution < 1.29 is 13.2 Å². The highest BCUT2D eigenvalue weighted by molar-refractivity contribution is 7.90. The molecule has 130 valence electrons. The van der Waals surface area contributed by atoms with Gasteiger partial charge in [-0.05, 0) is 43.2 Å². The van der Waals surface area contributed by atoms with Gasteiger partial charge >= 0.3 is 0 Å². The van der Waals surface area contributed by atoms with Gasteiger partial charge in [-0.3, -0.25) is 4.79 Å². The lowest BCUT2D eigenvalue weighted by atomic mass is 10.2. The molecule has 3 rings (SSSR count). The number of halogens is 2. The minimum atomic E-state index is -4.13. The number of fused-ring (bicyclic) bond motifs is 1. The first kappa shape index (κ1) is 17.7. The number of nitrogens with zero attached hydrogens (tertiary/aromatic N) is 2. The Morgan fingerprint density at radius 2 is 1.80 bits per heavy atom. The van der Waals surface area contributed by atoms with Gasteiger partial charge in [-0.15, -0.1) is 0 Å². The highest BCUT2D eigenvalue weighted by Crippen LogP contribution is 2.23. The minimum Gasteiger partial charge on any atom is -0.305 e. The van der Waals surface area contributed by atoms with Crippen LogP contribution in [-0.4, -0.2) is 23.7 Å². The Labute approximate surface area is 154 Å². The van der Waals surface area contributed by atoms with Crippen molar-refractivity contribution in [2.24, 2.45) is 0 Å². The summed E-state index contributed by atoms with van der Waals surface area (Å²) in [7, 11) is -4.13. The number of rotatable bonds is 3. The second-order valence-electron chi connectivity index (χ2n) is 5.59. The van der Waals surface area contributed by atoms with Crippen molar-refractivity contribution in [1.82, 2.24) is 14.1 Å². The maximum Gasteiger partial charge on any atom is 0.285 e. The molecule has 0 aliphatic rings. The Morgan fingerprint density at radius 3 is 2.52 bits per heavy atom. The van der Waals surface area contributed by atoms with Crippen molar-refractivity contribution in [2.45, 2.75) is 18.7 Å². The molecule has 0 saturated carbocycles. The van der Waals surface area contributed by atoms with Crippen LogP contribution < -0.4 is 4.72 Å². The standard InChI is InChI=1S/C16H13Cl2N3O3S/c1-9-3-4-11(17)14(6-9)25(23,24)20-16(22)13-8-21-7-10(2)5-12(18)15(21)19-13/h3-8H,1-2H3,(H,20,22). The molecule has 0 unspecified atom stereocenters. The largest absolute Gasteiger partial charge is 0.305 e. The van der Waals surface area contributed by atoms with Gasteiger partial charge in [0.1, 0.15) is 10.6 Å². The predicted molar refractivity (Wildman–Crippen MR) is 95.8 cm³/mol. The van der Waals surface area contributed by atoms with Gasteiger partial charge in [-0.1, -0.05) is 29.3 Å². The molecule has 0 aliphatic carbocycles. The van der Waals surface area contributed by atoms with Gasteiger partial charge in [-0.2, -0.15) is 0 Å². The van der Waals surface area contributed by atoms with Crippen molar-refractivity contribution >= 4 is 44.8 Å². The number of amides is 1. The van der Waals surface area contributed by atoms with E-state index >= 15 is 0 Å². The zero-order valence-electron chi connectivity index (χ0n) is 13.2. The van der Waals surface area contributed by atoms with Gasteiger partial charge in [0, 0.05) is 12.4 Å². The van der Waals surface area contributed by atoms with Gasteiger partial charge in [0.05, 0.1) is 10.0 Å². The molecule has 0 spiro atoms. The fourth-order valence-corrected chi connectivity index (χ4v) is 4.20. The van der Waals surface area contributed by atoms with Gasteiger partial charge < -0.3 is 4.40 Å². The van der Waals surface area contributed by atoms with E-state index in [0.717, 1.165) is 5.56 Å². The van der Waals surface area contributed by atoms with E-state index < -0.39 is 15.9 Å². The monoisotopic (exact) mass is 397 g/mol. The average Bonchev–Trinajstić information content (AvgIpc) is 2.93. The molecule has 1 amide bonds. The zero-order chi connectivity index (χ0) is 18.4. The van der Waals surface area contributed by atoms with E-state index in [9.17, 15) is 13.2 Å². The second kappa shape index (κ2) is 6.33. The number of hydrogen-bond donors (Lipinski definition) is 1. The highest BCUT2D eigenvalue weighted by Gasteiger charge is 2.23.